The monoisotopic (exact) mass is 267 g/mol. The van der Waals surface area contributed by atoms with E-state index < -0.39 is 5.41 Å². The number of amidine groups is 1. The van der Waals surface area contributed by atoms with Crippen LogP contribution in [0.5, 0.6) is 0 Å². The first kappa shape index (κ1) is 12.7. The Morgan fingerprint density at radius 2 is 2.11 bits per heavy atom. The smallest absolute Gasteiger partial charge is 0.234 e. The largest absolute Gasteiger partial charge is 0.409 e. The number of oxime groups is 1. The van der Waals surface area contributed by atoms with E-state index in [2.05, 4.69) is 10.5 Å². The zero-order chi connectivity index (χ0) is 13.5. The molecule has 0 aromatic carbocycles. The first-order valence-electron chi connectivity index (χ1n) is 7.08. The summed E-state index contributed by atoms with van der Waals surface area (Å²) >= 11 is 0. The molecule has 0 spiro atoms. The van der Waals surface area contributed by atoms with Crippen LogP contribution in [0.2, 0.25) is 0 Å². The standard InChI is InChI=1S/C13H21N3O3/c14-11(16-18)13(5-1-6-13)12(17)15-9-4-7-19-10(9)8-2-3-8/h8-10,18H,1-7H2,(H2,14,16)(H,15,17). The lowest BCUT2D eigenvalue weighted by Crippen LogP contribution is -2.57. The van der Waals surface area contributed by atoms with Gasteiger partial charge in [-0.1, -0.05) is 11.6 Å². The van der Waals surface area contributed by atoms with Crippen LogP contribution in [0.25, 0.3) is 0 Å². The fourth-order valence-electron chi connectivity index (χ4n) is 3.19. The van der Waals surface area contributed by atoms with Gasteiger partial charge in [0, 0.05) is 6.61 Å². The molecule has 1 aliphatic heterocycles. The number of nitrogens with one attached hydrogen (secondary N) is 1. The van der Waals surface area contributed by atoms with E-state index in [0.29, 0.717) is 25.4 Å². The quantitative estimate of drug-likeness (QED) is 0.300. The summed E-state index contributed by atoms with van der Waals surface area (Å²) in [5, 5.41) is 15.0. The summed E-state index contributed by atoms with van der Waals surface area (Å²) in [6.45, 7) is 0.711. The first-order chi connectivity index (χ1) is 9.17. The number of rotatable bonds is 4. The fourth-order valence-corrected chi connectivity index (χ4v) is 3.19. The van der Waals surface area contributed by atoms with Gasteiger partial charge in [-0.15, -0.1) is 0 Å². The number of hydrogen-bond donors (Lipinski definition) is 3. The van der Waals surface area contributed by atoms with E-state index in [1.165, 1.54) is 12.8 Å². The second-order valence-electron chi connectivity index (χ2n) is 5.96. The Bertz CT molecular complexity index is 402. The Kier molecular flexibility index (Phi) is 3.12. The van der Waals surface area contributed by atoms with Gasteiger partial charge in [-0.25, -0.2) is 0 Å². The van der Waals surface area contributed by atoms with E-state index in [-0.39, 0.29) is 23.9 Å². The minimum absolute atomic E-state index is 0.0399. The average molecular weight is 267 g/mol. The number of carbonyl (C=O) groups excluding carboxylic acids is 1. The fraction of sp³-hybridized carbons (Fsp3) is 0.846. The lowest BCUT2D eigenvalue weighted by Gasteiger charge is -2.39. The number of amides is 1. The van der Waals surface area contributed by atoms with Crippen molar-refractivity contribution in [1.29, 1.82) is 0 Å². The number of nitrogens with zero attached hydrogens (tertiary/aromatic N) is 1. The maximum atomic E-state index is 12.5. The van der Waals surface area contributed by atoms with Gasteiger partial charge in [-0.05, 0) is 38.0 Å². The normalized spacial score (nSPS) is 33.8. The summed E-state index contributed by atoms with van der Waals surface area (Å²) in [5.74, 6) is 0.544. The van der Waals surface area contributed by atoms with E-state index in [4.69, 9.17) is 15.7 Å². The highest BCUT2D eigenvalue weighted by atomic mass is 16.5. The lowest BCUT2D eigenvalue weighted by molar-refractivity contribution is -0.132. The molecule has 4 N–H and O–H groups in total. The van der Waals surface area contributed by atoms with Gasteiger partial charge in [0.2, 0.25) is 5.91 Å². The number of ether oxygens (including phenoxy) is 1. The highest BCUT2D eigenvalue weighted by Gasteiger charge is 2.50. The molecule has 3 rings (SSSR count). The zero-order valence-corrected chi connectivity index (χ0v) is 11.0. The zero-order valence-electron chi connectivity index (χ0n) is 11.0. The predicted octanol–water partition coefficient (Wildman–Crippen LogP) is 0.587. The van der Waals surface area contributed by atoms with Crippen LogP contribution in [0.3, 0.4) is 0 Å². The summed E-state index contributed by atoms with van der Waals surface area (Å²) in [6, 6.07) is 0.0870. The van der Waals surface area contributed by atoms with Crippen LogP contribution in [0.4, 0.5) is 0 Å². The third kappa shape index (κ3) is 2.08. The summed E-state index contributed by atoms with van der Waals surface area (Å²) in [6.07, 6.45) is 5.68. The second-order valence-corrected chi connectivity index (χ2v) is 5.96. The molecule has 0 aromatic heterocycles. The molecule has 3 aliphatic rings. The molecule has 1 heterocycles. The van der Waals surface area contributed by atoms with Gasteiger partial charge >= 0.3 is 0 Å². The Balaban J connectivity index is 1.67. The van der Waals surface area contributed by atoms with Gasteiger partial charge in [0.25, 0.3) is 0 Å². The van der Waals surface area contributed by atoms with Crippen molar-refractivity contribution in [3.05, 3.63) is 0 Å². The summed E-state index contributed by atoms with van der Waals surface area (Å²) in [7, 11) is 0. The predicted molar refractivity (Wildman–Crippen MR) is 68.7 cm³/mol. The molecule has 2 aliphatic carbocycles. The van der Waals surface area contributed by atoms with Gasteiger partial charge in [0.15, 0.2) is 5.84 Å². The van der Waals surface area contributed by atoms with Crippen molar-refractivity contribution in [3.8, 4) is 0 Å². The molecular weight excluding hydrogens is 246 g/mol. The lowest BCUT2D eigenvalue weighted by atomic mass is 9.67. The van der Waals surface area contributed by atoms with Gasteiger partial charge < -0.3 is 21.0 Å². The van der Waals surface area contributed by atoms with Crippen LogP contribution in [0, 0.1) is 11.3 Å². The van der Waals surface area contributed by atoms with Crippen molar-refractivity contribution in [1.82, 2.24) is 5.32 Å². The van der Waals surface area contributed by atoms with Crippen LogP contribution in [-0.4, -0.2) is 35.7 Å². The van der Waals surface area contributed by atoms with Crippen LogP contribution in [0.15, 0.2) is 5.16 Å². The Morgan fingerprint density at radius 1 is 1.37 bits per heavy atom. The van der Waals surface area contributed by atoms with E-state index in [9.17, 15) is 4.79 Å². The van der Waals surface area contributed by atoms with Crippen molar-refractivity contribution in [2.24, 2.45) is 22.2 Å². The van der Waals surface area contributed by atoms with Gasteiger partial charge in [-0.3, -0.25) is 4.79 Å². The van der Waals surface area contributed by atoms with Crippen molar-refractivity contribution >= 4 is 11.7 Å². The number of carbonyl (C=O) groups is 1. The molecule has 106 valence electrons. The maximum absolute atomic E-state index is 12.5. The number of hydrogen-bond acceptors (Lipinski definition) is 4. The summed E-state index contributed by atoms with van der Waals surface area (Å²) < 4.78 is 5.72. The Labute approximate surface area is 112 Å². The van der Waals surface area contributed by atoms with E-state index in [1.807, 2.05) is 0 Å². The van der Waals surface area contributed by atoms with Gasteiger partial charge in [-0.2, -0.15) is 0 Å². The molecule has 6 heteroatoms. The minimum atomic E-state index is -0.786. The molecule has 3 fully saturated rings. The van der Waals surface area contributed by atoms with Gasteiger partial charge in [0.05, 0.1) is 12.1 Å². The Hall–Kier alpha value is -1.30. The van der Waals surface area contributed by atoms with Crippen LogP contribution >= 0.6 is 0 Å². The summed E-state index contributed by atoms with van der Waals surface area (Å²) in [4.78, 5) is 12.5. The van der Waals surface area contributed by atoms with Crippen LogP contribution in [-0.2, 0) is 9.53 Å². The molecule has 6 nitrogen and oxygen atoms in total. The molecule has 19 heavy (non-hydrogen) atoms. The molecule has 0 aromatic rings. The third-order valence-electron chi connectivity index (χ3n) is 4.78. The molecule has 0 bridgehead atoms. The molecular formula is C13H21N3O3. The third-order valence-corrected chi connectivity index (χ3v) is 4.78. The van der Waals surface area contributed by atoms with Crippen molar-refractivity contribution in [2.45, 2.75) is 50.7 Å². The van der Waals surface area contributed by atoms with Crippen molar-refractivity contribution < 1.29 is 14.7 Å². The second kappa shape index (κ2) is 4.67. The molecule has 2 unspecified atom stereocenters. The maximum Gasteiger partial charge on any atom is 0.234 e. The minimum Gasteiger partial charge on any atom is -0.409 e. The molecule has 2 atom stereocenters. The molecule has 2 saturated carbocycles. The summed E-state index contributed by atoms with van der Waals surface area (Å²) in [5.41, 5.74) is 4.92. The molecule has 1 saturated heterocycles. The van der Waals surface area contributed by atoms with Crippen LogP contribution < -0.4 is 11.1 Å². The average Bonchev–Trinajstić information content (AvgIpc) is 3.09. The van der Waals surface area contributed by atoms with Crippen molar-refractivity contribution in [3.63, 3.8) is 0 Å². The van der Waals surface area contributed by atoms with Gasteiger partial charge in [0.1, 0.15) is 5.41 Å². The SMILES string of the molecule is NC(=NO)C1(C(=O)NC2CCOC2C2CC2)CCC1. The topological polar surface area (TPSA) is 96.9 Å². The van der Waals surface area contributed by atoms with E-state index in [1.54, 1.807) is 0 Å². The van der Waals surface area contributed by atoms with Crippen molar-refractivity contribution in [2.75, 3.05) is 6.61 Å². The van der Waals surface area contributed by atoms with E-state index >= 15 is 0 Å². The molecule has 0 radical (unpaired) electrons. The van der Waals surface area contributed by atoms with E-state index in [0.717, 1.165) is 12.8 Å². The van der Waals surface area contributed by atoms with Crippen LogP contribution in [0.1, 0.15) is 38.5 Å². The number of nitrogens with two attached hydrogens (primary N) is 1. The highest BCUT2D eigenvalue weighted by molar-refractivity contribution is 6.07. The highest BCUT2D eigenvalue weighted by Crippen LogP contribution is 2.43. The Morgan fingerprint density at radius 3 is 2.63 bits per heavy atom. The first-order valence-corrected chi connectivity index (χ1v) is 7.08. The molecule has 1 amide bonds.